The van der Waals surface area contributed by atoms with Crippen LogP contribution in [0.3, 0.4) is 0 Å². The molecule has 0 aliphatic carbocycles. The van der Waals surface area contributed by atoms with Crippen LogP contribution in [-0.2, 0) is 11.8 Å². The Bertz CT molecular complexity index is 638. The summed E-state index contributed by atoms with van der Waals surface area (Å²) in [7, 11) is 1.71. The maximum absolute atomic E-state index is 5.29. The number of hydrogen-bond acceptors (Lipinski definition) is 2. The predicted molar refractivity (Wildman–Crippen MR) is 88.2 cm³/mol. The molecule has 1 aliphatic heterocycles. The predicted octanol–water partition coefficient (Wildman–Crippen LogP) is 4.70. The van der Waals surface area contributed by atoms with Crippen LogP contribution in [-0.4, -0.2) is 7.11 Å². The Morgan fingerprint density at radius 1 is 1.05 bits per heavy atom. The zero-order valence-electron chi connectivity index (χ0n) is 13.2. The van der Waals surface area contributed by atoms with Crippen LogP contribution in [0.15, 0.2) is 42.5 Å². The molecule has 1 aliphatic rings. The molecule has 0 spiro atoms. The average Bonchev–Trinajstić information content (AvgIpc) is 2.89. The SMILES string of the molecule is COc1ccc2c(c1)NC(c1ccc(C(C)(C)C)cc1)C2. The Kier molecular flexibility index (Phi) is 3.40. The molecular weight excluding hydrogens is 258 g/mol. The first-order valence-electron chi connectivity index (χ1n) is 7.51. The lowest BCUT2D eigenvalue weighted by Crippen LogP contribution is -2.12. The molecule has 0 saturated heterocycles. The molecule has 0 fully saturated rings. The second-order valence-electron chi connectivity index (χ2n) is 6.80. The molecule has 1 N–H and O–H groups in total. The van der Waals surface area contributed by atoms with Gasteiger partial charge in [0.1, 0.15) is 5.75 Å². The summed E-state index contributed by atoms with van der Waals surface area (Å²) >= 11 is 0. The first-order valence-corrected chi connectivity index (χ1v) is 7.51. The molecule has 0 radical (unpaired) electrons. The van der Waals surface area contributed by atoms with E-state index in [1.54, 1.807) is 7.11 Å². The van der Waals surface area contributed by atoms with Gasteiger partial charge in [0.2, 0.25) is 0 Å². The largest absolute Gasteiger partial charge is 0.497 e. The Morgan fingerprint density at radius 2 is 1.76 bits per heavy atom. The molecule has 2 nitrogen and oxygen atoms in total. The maximum atomic E-state index is 5.29. The number of nitrogens with one attached hydrogen (secondary N) is 1. The fourth-order valence-electron chi connectivity index (χ4n) is 2.87. The van der Waals surface area contributed by atoms with Crippen molar-refractivity contribution >= 4 is 5.69 Å². The molecule has 3 rings (SSSR count). The minimum atomic E-state index is 0.206. The second kappa shape index (κ2) is 5.10. The van der Waals surface area contributed by atoms with Crippen molar-refractivity contribution in [2.24, 2.45) is 0 Å². The lowest BCUT2D eigenvalue weighted by atomic mass is 9.86. The van der Waals surface area contributed by atoms with Gasteiger partial charge in [0.25, 0.3) is 0 Å². The third-order valence-electron chi connectivity index (χ3n) is 4.25. The molecule has 0 saturated carbocycles. The molecule has 110 valence electrons. The maximum Gasteiger partial charge on any atom is 0.120 e. The van der Waals surface area contributed by atoms with Crippen LogP contribution in [0.1, 0.15) is 43.5 Å². The zero-order chi connectivity index (χ0) is 15.0. The molecule has 1 heterocycles. The topological polar surface area (TPSA) is 21.3 Å². The van der Waals surface area contributed by atoms with E-state index in [1.807, 2.05) is 6.07 Å². The van der Waals surface area contributed by atoms with Crippen LogP contribution in [0.4, 0.5) is 5.69 Å². The summed E-state index contributed by atoms with van der Waals surface area (Å²) in [6, 6.07) is 15.6. The van der Waals surface area contributed by atoms with E-state index in [-0.39, 0.29) is 5.41 Å². The van der Waals surface area contributed by atoms with Gasteiger partial charge in [-0.15, -0.1) is 0 Å². The van der Waals surface area contributed by atoms with Gasteiger partial charge < -0.3 is 10.1 Å². The van der Waals surface area contributed by atoms with Crippen LogP contribution in [0, 0.1) is 0 Å². The molecule has 1 unspecified atom stereocenters. The highest BCUT2D eigenvalue weighted by atomic mass is 16.5. The Labute approximate surface area is 127 Å². The van der Waals surface area contributed by atoms with E-state index in [9.17, 15) is 0 Å². The van der Waals surface area contributed by atoms with E-state index in [2.05, 4.69) is 62.5 Å². The molecular formula is C19H23NO. The molecule has 0 aromatic heterocycles. The van der Waals surface area contributed by atoms with Crippen LogP contribution in [0.25, 0.3) is 0 Å². The molecule has 2 heteroatoms. The summed E-state index contributed by atoms with van der Waals surface area (Å²) in [6.45, 7) is 6.74. The quantitative estimate of drug-likeness (QED) is 0.861. The number of anilines is 1. The number of hydrogen-bond donors (Lipinski definition) is 1. The number of rotatable bonds is 2. The summed E-state index contributed by atoms with van der Waals surface area (Å²) < 4.78 is 5.29. The van der Waals surface area contributed by atoms with Gasteiger partial charge in [-0.3, -0.25) is 0 Å². The molecule has 1 atom stereocenters. The summed E-state index contributed by atoms with van der Waals surface area (Å²) in [5.74, 6) is 0.907. The Balaban J connectivity index is 1.81. The summed E-state index contributed by atoms with van der Waals surface area (Å²) in [6.07, 6.45) is 1.04. The van der Waals surface area contributed by atoms with Gasteiger partial charge in [0.05, 0.1) is 13.2 Å². The van der Waals surface area contributed by atoms with E-state index < -0.39 is 0 Å². The number of benzene rings is 2. The van der Waals surface area contributed by atoms with Crippen LogP contribution >= 0.6 is 0 Å². The van der Waals surface area contributed by atoms with Gasteiger partial charge in [0.15, 0.2) is 0 Å². The van der Waals surface area contributed by atoms with Gasteiger partial charge in [-0.2, -0.15) is 0 Å². The van der Waals surface area contributed by atoms with E-state index in [0.29, 0.717) is 6.04 Å². The fourth-order valence-corrected chi connectivity index (χ4v) is 2.87. The smallest absolute Gasteiger partial charge is 0.120 e. The summed E-state index contributed by atoms with van der Waals surface area (Å²) in [5, 5.41) is 3.60. The zero-order valence-corrected chi connectivity index (χ0v) is 13.2. The van der Waals surface area contributed by atoms with E-state index in [1.165, 1.54) is 22.4 Å². The third kappa shape index (κ3) is 2.76. The standard InChI is InChI=1S/C19H23NO/c1-19(2,3)15-8-5-13(6-9-15)17-11-14-7-10-16(21-4)12-18(14)20-17/h5-10,12,17,20H,11H2,1-4H3. The van der Waals surface area contributed by atoms with Crippen molar-refractivity contribution in [2.75, 3.05) is 12.4 Å². The van der Waals surface area contributed by atoms with Gasteiger partial charge in [-0.25, -0.2) is 0 Å². The number of methoxy groups -OCH3 is 1. The Hall–Kier alpha value is -1.96. The van der Waals surface area contributed by atoms with Gasteiger partial charge in [-0.1, -0.05) is 51.1 Å². The van der Waals surface area contributed by atoms with Crippen LogP contribution in [0.2, 0.25) is 0 Å². The minimum absolute atomic E-state index is 0.206. The third-order valence-corrected chi connectivity index (χ3v) is 4.25. The lowest BCUT2D eigenvalue weighted by molar-refractivity contribution is 0.415. The van der Waals surface area contributed by atoms with Crippen molar-refractivity contribution in [2.45, 2.75) is 38.6 Å². The highest BCUT2D eigenvalue weighted by Crippen LogP contribution is 2.36. The van der Waals surface area contributed by atoms with Gasteiger partial charge in [0, 0.05) is 11.8 Å². The second-order valence-corrected chi connectivity index (χ2v) is 6.80. The van der Waals surface area contributed by atoms with E-state index >= 15 is 0 Å². The monoisotopic (exact) mass is 281 g/mol. The van der Waals surface area contributed by atoms with Gasteiger partial charge >= 0.3 is 0 Å². The Morgan fingerprint density at radius 3 is 2.38 bits per heavy atom. The normalized spacial score (nSPS) is 17.2. The lowest BCUT2D eigenvalue weighted by Gasteiger charge is -2.20. The van der Waals surface area contributed by atoms with Crippen molar-refractivity contribution in [3.05, 3.63) is 59.2 Å². The van der Waals surface area contributed by atoms with Crippen molar-refractivity contribution < 1.29 is 4.74 Å². The number of fused-ring (bicyclic) bond motifs is 1. The first kappa shape index (κ1) is 14.0. The summed E-state index contributed by atoms with van der Waals surface area (Å²) in [5.41, 5.74) is 5.49. The van der Waals surface area contributed by atoms with Crippen molar-refractivity contribution in [3.63, 3.8) is 0 Å². The van der Waals surface area contributed by atoms with E-state index in [4.69, 9.17) is 4.74 Å². The van der Waals surface area contributed by atoms with Crippen molar-refractivity contribution in [3.8, 4) is 5.75 Å². The molecule has 2 aromatic carbocycles. The van der Waals surface area contributed by atoms with Crippen LogP contribution in [0.5, 0.6) is 5.75 Å². The first-order chi connectivity index (χ1) is 9.97. The highest BCUT2D eigenvalue weighted by molar-refractivity contribution is 5.61. The fraction of sp³-hybridized carbons (Fsp3) is 0.368. The van der Waals surface area contributed by atoms with Crippen LogP contribution < -0.4 is 10.1 Å². The molecule has 2 aromatic rings. The molecule has 21 heavy (non-hydrogen) atoms. The molecule has 0 amide bonds. The highest BCUT2D eigenvalue weighted by Gasteiger charge is 2.23. The minimum Gasteiger partial charge on any atom is -0.497 e. The van der Waals surface area contributed by atoms with Crippen molar-refractivity contribution in [1.82, 2.24) is 0 Å². The van der Waals surface area contributed by atoms with Crippen molar-refractivity contribution in [1.29, 1.82) is 0 Å². The van der Waals surface area contributed by atoms with Gasteiger partial charge in [-0.05, 0) is 34.6 Å². The summed E-state index contributed by atoms with van der Waals surface area (Å²) in [4.78, 5) is 0. The average molecular weight is 281 g/mol. The van der Waals surface area contributed by atoms with E-state index in [0.717, 1.165) is 12.2 Å². The number of ether oxygens (including phenoxy) is 1. The molecule has 0 bridgehead atoms.